The first kappa shape index (κ1) is 10.7. The minimum absolute atomic E-state index is 0.146. The standard InChI is InChI=1S/C11H15BrN2O/c1-3-14(9-4-5-9)11(15)10-6-8(12)7-13(10)2/h6-7,9H,3-5H2,1-2H3. The number of halogens is 1. The van der Waals surface area contributed by atoms with Crippen molar-refractivity contribution in [2.75, 3.05) is 6.54 Å². The Bertz CT molecular complexity index is 382. The van der Waals surface area contributed by atoms with Gasteiger partial charge in [-0.1, -0.05) is 0 Å². The molecule has 1 aromatic rings. The number of hydrogen-bond donors (Lipinski definition) is 0. The van der Waals surface area contributed by atoms with Gasteiger partial charge < -0.3 is 9.47 Å². The topological polar surface area (TPSA) is 25.2 Å². The van der Waals surface area contributed by atoms with Crippen molar-refractivity contribution in [3.63, 3.8) is 0 Å². The SMILES string of the molecule is CCN(C(=O)c1cc(Br)cn1C)C1CC1. The van der Waals surface area contributed by atoms with E-state index in [9.17, 15) is 4.79 Å². The number of aromatic nitrogens is 1. The normalized spacial score (nSPS) is 15.4. The fraction of sp³-hybridized carbons (Fsp3) is 0.545. The van der Waals surface area contributed by atoms with Crippen molar-refractivity contribution in [2.24, 2.45) is 7.05 Å². The second-order valence-corrected chi connectivity index (χ2v) is 4.89. The van der Waals surface area contributed by atoms with Gasteiger partial charge in [-0.25, -0.2) is 0 Å². The van der Waals surface area contributed by atoms with Crippen molar-refractivity contribution in [2.45, 2.75) is 25.8 Å². The number of rotatable bonds is 3. The van der Waals surface area contributed by atoms with Crippen LogP contribution in [0, 0.1) is 0 Å². The first-order valence-corrected chi connectivity index (χ1v) is 6.05. The van der Waals surface area contributed by atoms with E-state index in [1.807, 2.05) is 35.7 Å². The molecule has 0 saturated heterocycles. The summed E-state index contributed by atoms with van der Waals surface area (Å²) >= 11 is 3.38. The van der Waals surface area contributed by atoms with E-state index in [4.69, 9.17) is 0 Å². The zero-order valence-electron chi connectivity index (χ0n) is 9.03. The summed E-state index contributed by atoms with van der Waals surface area (Å²) in [7, 11) is 1.90. The van der Waals surface area contributed by atoms with Gasteiger partial charge in [0, 0.05) is 30.3 Å². The maximum absolute atomic E-state index is 12.2. The molecule has 0 unspecified atom stereocenters. The molecule has 0 radical (unpaired) electrons. The van der Waals surface area contributed by atoms with Gasteiger partial charge in [0.2, 0.25) is 0 Å². The highest BCUT2D eigenvalue weighted by atomic mass is 79.9. The van der Waals surface area contributed by atoms with Crippen LogP contribution in [0.3, 0.4) is 0 Å². The maximum atomic E-state index is 12.2. The molecule has 1 fully saturated rings. The number of carbonyl (C=O) groups excluding carboxylic acids is 1. The molecule has 2 rings (SSSR count). The van der Waals surface area contributed by atoms with E-state index in [-0.39, 0.29) is 5.91 Å². The van der Waals surface area contributed by atoms with Gasteiger partial charge in [0.25, 0.3) is 5.91 Å². The molecule has 0 aromatic carbocycles. The Kier molecular flexibility index (Phi) is 2.87. The molecule has 82 valence electrons. The van der Waals surface area contributed by atoms with Crippen molar-refractivity contribution >= 4 is 21.8 Å². The number of nitrogens with zero attached hydrogens (tertiary/aromatic N) is 2. The van der Waals surface area contributed by atoms with Crippen molar-refractivity contribution < 1.29 is 4.79 Å². The lowest BCUT2D eigenvalue weighted by atomic mass is 10.3. The van der Waals surface area contributed by atoms with Crippen LogP contribution in [0.25, 0.3) is 0 Å². The van der Waals surface area contributed by atoms with Gasteiger partial charge in [0.15, 0.2) is 0 Å². The predicted octanol–water partition coefficient (Wildman–Crippen LogP) is 2.41. The Morgan fingerprint density at radius 2 is 2.33 bits per heavy atom. The first-order chi connectivity index (χ1) is 7.13. The van der Waals surface area contributed by atoms with E-state index in [2.05, 4.69) is 15.9 Å². The molecule has 1 aliphatic carbocycles. The average Bonchev–Trinajstić information content (AvgIpc) is 2.94. The van der Waals surface area contributed by atoms with Gasteiger partial charge >= 0.3 is 0 Å². The lowest BCUT2D eigenvalue weighted by molar-refractivity contribution is 0.0743. The Morgan fingerprint density at radius 1 is 1.67 bits per heavy atom. The van der Waals surface area contributed by atoms with Crippen LogP contribution in [0.4, 0.5) is 0 Å². The third-order valence-corrected chi connectivity index (χ3v) is 3.21. The Labute approximate surface area is 98.2 Å². The van der Waals surface area contributed by atoms with Gasteiger partial charge in [-0.15, -0.1) is 0 Å². The van der Waals surface area contributed by atoms with Gasteiger partial charge in [0.05, 0.1) is 0 Å². The second-order valence-electron chi connectivity index (χ2n) is 3.98. The predicted molar refractivity (Wildman–Crippen MR) is 62.8 cm³/mol. The van der Waals surface area contributed by atoms with Crippen LogP contribution in [0.2, 0.25) is 0 Å². The third kappa shape index (κ3) is 2.09. The van der Waals surface area contributed by atoms with E-state index >= 15 is 0 Å². The Balaban J connectivity index is 2.22. The summed E-state index contributed by atoms with van der Waals surface area (Å²) in [6.07, 6.45) is 4.23. The molecular formula is C11H15BrN2O. The zero-order chi connectivity index (χ0) is 11.0. The summed E-state index contributed by atoms with van der Waals surface area (Å²) < 4.78 is 2.83. The van der Waals surface area contributed by atoms with Gasteiger partial charge in [-0.2, -0.15) is 0 Å². The maximum Gasteiger partial charge on any atom is 0.270 e. The van der Waals surface area contributed by atoms with Crippen molar-refractivity contribution in [3.05, 3.63) is 22.4 Å². The Hall–Kier alpha value is -0.770. The summed E-state index contributed by atoms with van der Waals surface area (Å²) in [6.45, 7) is 2.83. The van der Waals surface area contributed by atoms with E-state index in [0.717, 1.165) is 29.6 Å². The molecule has 0 spiro atoms. The summed E-state index contributed by atoms with van der Waals surface area (Å²) in [5.41, 5.74) is 0.760. The largest absolute Gasteiger partial charge is 0.345 e. The minimum atomic E-state index is 0.146. The Morgan fingerprint density at radius 3 is 2.73 bits per heavy atom. The van der Waals surface area contributed by atoms with Crippen molar-refractivity contribution in [1.29, 1.82) is 0 Å². The number of aryl methyl sites for hydroxylation is 1. The summed E-state index contributed by atoms with van der Waals surface area (Å²) in [6, 6.07) is 2.36. The van der Waals surface area contributed by atoms with Crippen LogP contribution in [-0.2, 0) is 7.05 Å². The molecule has 1 heterocycles. The van der Waals surface area contributed by atoms with Crippen LogP contribution in [-0.4, -0.2) is 28.0 Å². The summed E-state index contributed by atoms with van der Waals surface area (Å²) in [5, 5.41) is 0. The van der Waals surface area contributed by atoms with E-state index in [1.54, 1.807) is 0 Å². The van der Waals surface area contributed by atoms with Crippen LogP contribution < -0.4 is 0 Å². The third-order valence-electron chi connectivity index (χ3n) is 2.78. The van der Waals surface area contributed by atoms with Gasteiger partial charge in [-0.05, 0) is 41.8 Å². The highest BCUT2D eigenvalue weighted by Crippen LogP contribution is 2.28. The highest BCUT2D eigenvalue weighted by molar-refractivity contribution is 9.10. The van der Waals surface area contributed by atoms with E-state index in [1.165, 1.54) is 0 Å². The van der Waals surface area contributed by atoms with E-state index < -0.39 is 0 Å². The molecule has 4 heteroatoms. The molecule has 0 bridgehead atoms. The summed E-state index contributed by atoms with van der Waals surface area (Å²) in [5.74, 6) is 0.146. The fourth-order valence-electron chi connectivity index (χ4n) is 1.84. The molecule has 0 N–H and O–H groups in total. The smallest absolute Gasteiger partial charge is 0.270 e. The van der Waals surface area contributed by atoms with Crippen LogP contribution >= 0.6 is 15.9 Å². The van der Waals surface area contributed by atoms with Crippen LogP contribution in [0.1, 0.15) is 30.3 Å². The number of hydrogen-bond acceptors (Lipinski definition) is 1. The highest BCUT2D eigenvalue weighted by Gasteiger charge is 2.32. The van der Waals surface area contributed by atoms with E-state index in [0.29, 0.717) is 6.04 Å². The lowest BCUT2D eigenvalue weighted by Crippen LogP contribution is -2.33. The zero-order valence-corrected chi connectivity index (χ0v) is 10.6. The molecule has 0 aliphatic heterocycles. The molecule has 1 saturated carbocycles. The lowest BCUT2D eigenvalue weighted by Gasteiger charge is -2.20. The van der Waals surface area contributed by atoms with Crippen molar-refractivity contribution in [1.82, 2.24) is 9.47 Å². The monoisotopic (exact) mass is 270 g/mol. The minimum Gasteiger partial charge on any atom is -0.345 e. The second kappa shape index (κ2) is 4.00. The number of carbonyl (C=O) groups is 1. The van der Waals surface area contributed by atoms with Gasteiger partial charge in [0.1, 0.15) is 5.69 Å². The van der Waals surface area contributed by atoms with Crippen LogP contribution in [0.5, 0.6) is 0 Å². The number of amides is 1. The average molecular weight is 271 g/mol. The van der Waals surface area contributed by atoms with Crippen LogP contribution in [0.15, 0.2) is 16.7 Å². The summed E-state index contributed by atoms with van der Waals surface area (Å²) in [4.78, 5) is 14.1. The molecular weight excluding hydrogens is 256 g/mol. The molecule has 0 atom stereocenters. The molecule has 1 aliphatic rings. The fourth-order valence-corrected chi connectivity index (χ4v) is 2.36. The van der Waals surface area contributed by atoms with Gasteiger partial charge in [-0.3, -0.25) is 4.79 Å². The first-order valence-electron chi connectivity index (χ1n) is 5.26. The van der Waals surface area contributed by atoms with Crippen molar-refractivity contribution in [3.8, 4) is 0 Å². The molecule has 1 amide bonds. The quantitative estimate of drug-likeness (QED) is 0.828. The molecule has 1 aromatic heterocycles. The molecule has 3 nitrogen and oxygen atoms in total. The molecule has 15 heavy (non-hydrogen) atoms.